The molecule has 0 aliphatic rings. The summed E-state index contributed by atoms with van der Waals surface area (Å²) in [6.45, 7) is 2.10. The lowest BCUT2D eigenvalue weighted by atomic mass is 10.1. The number of pyridine rings is 1. The van der Waals surface area contributed by atoms with Crippen LogP contribution >= 0.6 is 11.6 Å². The standard InChI is InChI=1S/C22H29ClN4O2/c1-2-3-4-5-6-7-8-13-20(28)24-16-21(29)27-25-15-18-14-17-11-9-10-12-19(17)26-22(18)23/h9-12,14-15H,2-8,13,16H2,1H3,(H,24,28)(H,27,29). The molecule has 1 heterocycles. The van der Waals surface area contributed by atoms with Crippen LogP contribution in [0.15, 0.2) is 35.4 Å². The highest BCUT2D eigenvalue weighted by Gasteiger charge is 2.06. The van der Waals surface area contributed by atoms with Crippen LogP contribution in [0, 0.1) is 0 Å². The smallest absolute Gasteiger partial charge is 0.259 e. The zero-order valence-corrected chi connectivity index (χ0v) is 17.7. The Morgan fingerprint density at radius 1 is 1.07 bits per heavy atom. The number of hydrazone groups is 1. The van der Waals surface area contributed by atoms with E-state index in [0.717, 1.165) is 30.2 Å². The number of halogens is 1. The number of amides is 2. The van der Waals surface area contributed by atoms with Crippen LogP contribution in [0.2, 0.25) is 5.15 Å². The largest absolute Gasteiger partial charge is 0.347 e. The van der Waals surface area contributed by atoms with E-state index in [1.54, 1.807) is 0 Å². The minimum Gasteiger partial charge on any atom is -0.347 e. The van der Waals surface area contributed by atoms with Crippen LogP contribution in [0.5, 0.6) is 0 Å². The summed E-state index contributed by atoms with van der Waals surface area (Å²) in [6.07, 6.45) is 9.97. The Balaban J connectivity index is 1.65. The topological polar surface area (TPSA) is 83.5 Å². The highest BCUT2D eigenvalue weighted by atomic mass is 35.5. The number of fused-ring (bicyclic) bond motifs is 1. The number of aromatic nitrogens is 1. The van der Waals surface area contributed by atoms with E-state index >= 15 is 0 Å². The van der Waals surface area contributed by atoms with Crippen LogP contribution in [-0.4, -0.2) is 29.6 Å². The van der Waals surface area contributed by atoms with Crippen molar-refractivity contribution < 1.29 is 9.59 Å². The summed E-state index contributed by atoms with van der Waals surface area (Å²) >= 11 is 6.14. The summed E-state index contributed by atoms with van der Waals surface area (Å²) < 4.78 is 0. The molecule has 0 aliphatic carbocycles. The van der Waals surface area contributed by atoms with Gasteiger partial charge in [0, 0.05) is 17.4 Å². The highest BCUT2D eigenvalue weighted by molar-refractivity contribution is 6.32. The molecule has 0 saturated carbocycles. The highest BCUT2D eigenvalue weighted by Crippen LogP contribution is 2.18. The van der Waals surface area contributed by atoms with Crippen molar-refractivity contribution in [2.45, 2.75) is 58.3 Å². The summed E-state index contributed by atoms with van der Waals surface area (Å²) in [5, 5.41) is 7.75. The van der Waals surface area contributed by atoms with Crippen LogP contribution in [0.4, 0.5) is 0 Å². The monoisotopic (exact) mass is 416 g/mol. The average molecular weight is 417 g/mol. The van der Waals surface area contributed by atoms with Gasteiger partial charge in [-0.25, -0.2) is 10.4 Å². The molecule has 0 bridgehead atoms. The number of para-hydroxylation sites is 1. The third-order valence-electron chi connectivity index (χ3n) is 4.55. The first-order valence-corrected chi connectivity index (χ1v) is 10.6. The van der Waals surface area contributed by atoms with Gasteiger partial charge in [0.1, 0.15) is 5.15 Å². The molecule has 2 amide bonds. The van der Waals surface area contributed by atoms with E-state index in [9.17, 15) is 9.59 Å². The van der Waals surface area contributed by atoms with Crippen molar-refractivity contribution in [2.75, 3.05) is 6.54 Å². The number of rotatable bonds is 12. The second-order valence-corrected chi connectivity index (χ2v) is 7.36. The van der Waals surface area contributed by atoms with Crippen molar-refractivity contribution in [1.82, 2.24) is 15.7 Å². The Kier molecular flexibility index (Phi) is 10.1. The third-order valence-corrected chi connectivity index (χ3v) is 4.85. The van der Waals surface area contributed by atoms with E-state index in [1.807, 2.05) is 30.3 Å². The first kappa shape index (κ1) is 22.8. The van der Waals surface area contributed by atoms with Gasteiger partial charge in [-0.05, 0) is 18.6 Å². The second kappa shape index (κ2) is 12.9. The van der Waals surface area contributed by atoms with Crippen molar-refractivity contribution in [1.29, 1.82) is 0 Å². The van der Waals surface area contributed by atoms with Gasteiger partial charge in [-0.15, -0.1) is 0 Å². The van der Waals surface area contributed by atoms with E-state index in [0.29, 0.717) is 17.1 Å². The number of carbonyl (C=O) groups excluding carboxylic acids is 2. The van der Waals surface area contributed by atoms with Gasteiger partial charge >= 0.3 is 0 Å². The van der Waals surface area contributed by atoms with Gasteiger partial charge in [-0.3, -0.25) is 9.59 Å². The Morgan fingerprint density at radius 3 is 2.59 bits per heavy atom. The Bertz CT molecular complexity index is 839. The average Bonchev–Trinajstić information content (AvgIpc) is 2.72. The first-order valence-electron chi connectivity index (χ1n) is 10.2. The van der Waals surface area contributed by atoms with Crippen molar-refractivity contribution in [3.8, 4) is 0 Å². The van der Waals surface area contributed by atoms with E-state index in [1.165, 1.54) is 31.9 Å². The van der Waals surface area contributed by atoms with E-state index in [-0.39, 0.29) is 18.4 Å². The van der Waals surface area contributed by atoms with Crippen molar-refractivity contribution in [2.24, 2.45) is 5.10 Å². The lowest BCUT2D eigenvalue weighted by molar-refractivity contribution is -0.126. The van der Waals surface area contributed by atoms with Crippen LogP contribution < -0.4 is 10.7 Å². The number of hydrogen-bond acceptors (Lipinski definition) is 4. The molecular formula is C22H29ClN4O2. The molecule has 156 valence electrons. The van der Waals surface area contributed by atoms with Gasteiger partial charge in [-0.1, -0.05) is 75.2 Å². The number of nitrogens with zero attached hydrogens (tertiary/aromatic N) is 2. The van der Waals surface area contributed by atoms with Crippen molar-refractivity contribution >= 4 is 40.5 Å². The molecule has 0 atom stereocenters. The molecule has 7 heteroatoms. The predicted molar refractivity (Wildman–Crippen MR) is 118 cm³/mol. The first-order chi connectivity index (χ1) is 14.1. The normalized spacial score (nSPS) is 11.1. The molecule has 29 heavy (non-hydrogen) atoms. The SMILES string of the molecule is CCCCCCCCCC(=O)NCC(=O)NN=Cc1cc2ccccc2nc1Cl. The quantitative estimate of drug-likeness (QED) is 0.229. The maximum Gasteiger partial charge on any atom is 0.259 e. The summed E-state index contributed by atoms with van der Waals surface area (Å²) in [5.74, 6) is -0.501. The summed E-state index contributed by atoms with van der Waals surface area (Å²) in [6, 6.07) is 9.45. The van der Waals surface area contributed by atoms with Gasteiger partial charge in [0.2, 0.25) is 5.91 Å². The Labute approximate surface area is 177 Å². The summed E-state index contributed by atoms with van der Waals surface area (Å²) in [7, 11) is 0. The van der Waals surface area contributed by atoms with Gasteiger partial charge in [0.15, 0.2) is 0 Å². The lowest BCUT2D eigenvalue weighted by Crippen LogP contribution is -2.34. The zero-order chi connectivity index (χ0) is 20.9. The number of unbranched alkanes of at least 4 members (excludes halogenated alkanes) is 6. The fourth-order valence-electron chi connectivity index (χ4n) is 2.92. The van der Waals surface area contributed by atoms with Gasteiger partial charge in [0.25, 0.3) is 5.91 Å². The summed E-state index contributed by atoms with van der Waals surface area (Å²) in [5.41, 5.74) is 3.79. The molecule has 6 nitrogen and oxygen atoms in total. The number of carbonyl (C=O) groups is 2. The Hall–Kier alpha value is -2.47. The van der Waals surface area contributed by atoms with Crippen LogP contribution in [-0.2, 0) is 9.59 Å². The van der Waals surface area contributed by atoms with Gasteiger partial charge in [0.05, 0.1) is 18.3 Å². The fraction of sp³-hybridized carbons (Fsp3) is 0.455. The number of nitrogens with one attached hydrogen (secondary N) is 2. The van der Waals surface area contributed by atoms with E-state index in [2.05, 4.69) is 27.8 Å². The zero-order valence-electron chi connectivity index (χ0n) is 16.9. The number of benzene rings is 1. The van der Waals surface area contributed by atoms with Crippen LogP contribution in [0.3, 0.4) is 0 Å². The molecule has 0 radical (unpaired) electrons. The maximum atomic E-state index is 11.8. The molecule has 2 aromatic rings. The van der Waals surface area contributed by atoms with E-state index in [4.69, 9.17) is 11.6 Å². The van der Waals surface area contributed by atoms with Gasteiger partial charge < -0.3 is 5.32 Å². The predicted octanol–water partition coefficient (Wildman–Crippen LogP) is 4.60. The number of hydrogen-bond donors (Lipinski definition) is 2. The molecular weight excluding hydrogens is 388 g/mol. The summed E-state index contributed by atoms with van der Waals surface area (Å²) in [4.78, 5) is 27.9. The minimum absolute atomic E-state index is 0.101. The van der Waals surface area contributed by atoms with Crippen LogP contribution in [0.25, 0.3) is 10.9 Å². The van der Waals surface area contributed by atoms with Crippen LogP contribution in [0.1, 0.15) is 63.9 Å². The minimum atomic E-state index is -0.390. The molecule has 0 spiro atoms. The molecule has 0 unspecified atom stereocenters. The van der Waals surface area contributed by atoms with Crippen molar-refractivity contribution in [3.63, 3.8) is 0 Å². The van der Waals surface area contributed by atoms with Gasteiger partial charge in [-0.2, -0.15) is 5.10 Å². The second-order valence-electron chi connectivity index (χ2n) is 7.00. The van der Waals surface area contributed by atoms with Crippen molar-refractivity contribution in [3.05, 3.63) is 41.0 Å². The molecule has 1 aromatic heterocycles. The lowest BCUT2D eigenvalue weighted by Gasteiger charge is -2.05. The molecule has 0 aliphatic heterocycles. The Morgan fingerprint density at radius 2 is 1.79 bits per heavy atom. The third kappa shape index (κ3) is 8.60. The molecule has 2 N–H and O–H groups in total. The molecule has 1 aromatic carbocycles. The maximum absolute atomic E-state index is 11.8. The molecule has 2 rings (SSSR count). The fourth-order valence-corrected chi connectivity index (χ4v) is 3.12. The molecule has 0 saturated heterocycles. The molecule has 0 fully saturated rings. The van der Waals surface area contributed by atoms with E-state index < -0.39 is 0 Å².